The number of hydrogen-bond donors (Lipinski definition) is 2. The molecular weight excluding hydrogens is 390 g/mol. The van der Waals surface area contributed by atoms with E-state index in [0.29, 0.717) is 28.0 Å². The molecule has 0 aliphatic heterocycles. The van der Waals surface area contributed by atoms with Crippen LogP contribution in [0.5, 0.6) is 11.5 Å². The second-order valence-electron chi connectivity index (χ2n) is 7.30. The maximum Gasteiger partial charge on any atom is 0.270 e. The quantitative estimate of drug-likeness (QED) is 0.328. The smallest absolute Gasteiger partial charge is 0.270 e. The lowest BCUT2D eigenvalue weighted by Gasteiger charge is -2.19. The highest BCUT2D eigenvalue weighted by atomic mass is 32.1. The summed E-state index contributed by atoms with van der Waals surface area (Å²) in [5, 5.41) is 17.4. The van der Waals surface area contributed by atoms with Crippen LogP contribution < -0.4 is 15.9 Å². The van der Waals surface area contributed by atoms with Gasteiger partial charge in [-0.25, -0.2) is 4.98 Å². The topological polar surface area (TPSA) is 116 Å². The highest BCUT2D eigenvalue weighted by Crippen LogP contribution is 2.30. The average molecular weight is 411 g/mol. The number of nitrogen functional groups attached to an aromatic ring is 1. The van der Waals surface area contributed by atoms with E-state index in [1.54, 1.807) is 11.4 Å². The maximum atomic E-state index is 11.1. The zero-order chi connectivity index (χ0) is 21.0. The molecule has 0 saturated heterocycles. The summed E-state index contributed by atoms with van der Waals surface area (Å²) in [6, 6.07) is 12.1. The number of ether oxygens (including phenoxy) is 1. The molecular formula is C20H21N5O3S. The number of benzene rings is 2. The molecule has 3 N–H and O–H groups in total. The van der Waals surface area contributed by atoms with E-state index in [4.69, 9.17) is 10.5 Å². The number of hydrogen-bond acceptors (Lipinski definition) is 8. The third kappa shape index (κ3) is 5.29. The van der Waals surface area contributed by atoms with Crippen molar-refractivity contribution in [3.05, 3.63) is 69.1 Å². The number of hydrazone groups is 1. The zero-order valence-electron chi connectivity index (χ0n) is 16.2. The van der Waals surface area contributed by atoms with Crippen molar-refractivity contribution in [2.75, 3.05) is 11.2 Å². The van der Waals surface area contributed by atoms with Crippen LogP contribution >= 0.6 is 11.3 Å². The van der Waals surface area contributed by atoms with Crippen molar-refractivity contribution in [2.45, 2.75) is 26.2 Å². The van der Waals surface area contributed by atoms with Crippen molar-refractivity contribution in [1.82, 2.24) is 4.98 Å². The fraction of sp³-hybridized carbons (Fsp3) is 0.200. The Kier molecular flexibility index (Phi) is 5.79. The van der Waals surface area contributed by atoms with E-state index in [1.807, 2.05) is 24.3 Å². The summed E-state index contributed by atoms with van der Waals surface area (Å²) < 4.78 is 5.94. The monoisotopic (exact) mass is 411 g/mol. The lowest BCUT2D eigenvalue weighted by Crippen LogP contribution is -2.10. The Morgan fingerprint density at radius 3 is 2.55 bits per heavy atom. The number of nitrogens with one attached hydrogen (secondary N) is 1. The van der Waals surface area contributed by atoms with Crippen molar-refractivity contribution >= 4 is 34.2 Å². The second-order valence-corrected chi connectivity index (χ2v) is 8.16. The largest absolute Gasteiger partial charge is 0.457 e. The molecule has 8 nitrogen and oxygen atoms in total. The van der Waals surface area contributed by atoms with Gasteiger partial charge >= 0.3 is 0 Å². The Balaban J connectivity index is 1.84. The van der Waals surface area contributed by atoms with Crippen LogP contribution in [0, 0.1) is 10.1 Å². The summed E-state index contributed by atoms with van der Waals surface area (Å²) in [5.41, 5.74) is 9.94. The van der Waals surface area contributed by atoms with Crippen LogP contribution in [0.4, 0.5) is 16.6 Å². The molecule has 0 unspecified atom stereocenters. The number of nitrogens with zero attached hydrogens (tertiary/aromatic N) is 3. The van der Waals surface area contributed by atoms with Crippen LogP contribution in [0.25, 0.3) is 0 Å². The van der Waals surface area contributed by atoms with Gasteiger partial charge in [0, 0.05) is 23.1 Å². The van der Waals surface area contributed by atoms with Crippen molar-refractivity contribution in [1.29, 1.82) is 0 Å². The van der Waals surface area contributed by atoms with Crippen LogP contribution in [0.15, 0.2) is 52.9 Å². The highest BCUT2D eigenvalue weighted by molar-refractivity contribution is 7.14. The number of non-ortho nitro benzene ring substituents is 1. The Bertz CT molecular complexity index is 1040. The van der Waals surface area contributed by atoms with Crippen LogP contribution in [0.3, 0.4) is 0 Å². The highest BCUT2D eigenvalue weighted by Gasteiger charge is 2.14. The van der Waals surface area contributed by atoms with Gasteiger partial charge in [0.05, 0.1) is 11.1 Å². The van der Waals surface area contributed by atoms with Gasteiger partial charge in [-0.1, -0.05) is 32.9 Å². The summed E-state index contributed by atoms with van der Waals surface area (Å²) in [5.74, 6) is 1.47. The molecule has 9 heteroatoms. The number of nitro benzene ring substituents is 1. The molecule has 3 rings (SSSR count). The number of aromatic nitrogens is 1. The Morgan fingerprint density at radius 2 is 1.97 bits per heavy atom. The van der Waals surface area contributed by atoms with Crippen LogP contribution in [-0.2, 0) is 5.41 Å². The first kappa shape index (κ1) is 20.3. The van der Waals surface area contributed by atoms with Crippen molar-refractivity contribution in [3.8, 4) is 11.5 Å². The summed E-state index contributed by atoms with van der Waals surface area (Å²) in [6.07, 6.45) is 1.45. The van der Waals surface area contributed by atoms with E-state index in [9.17, 15) is 10.1 Å². The van der Waals surface area contributed by atoms with E-state index in [0.717, 1.165) is 0 Å². The number of nitrogens with two attached hydrogens (primary N) is 1. The fourth-order valence-electron chi connectivity index (χ4n) is 2.49. The van der Waals surface area contributed by atoms with Gasteiger partial charge < -0.3 is 10.5 Å². The lowest BCUT2D eigenvalue weighted by molar-refractivity contribution is -0.384. The second kappa shape index (κ2) is 8.27. The minimum Gasteiger partial charge on any atom is -0.457 e. The first-order valence-electron chi connectivity index (χ1n) is 8.79. The van der Waals surface area contributed by atoms with Gasteiger partial charge in [0.2, 0.25) is 5.13 Å². The first-order chi connectivity index (χ1) is 13.7. The van der Waals surface area contributed by atoms with Crippen molar-refractivity contribution < 1.29 is 9.66 Å². The van der Waals surface area contributed by atoms with E-state index in [1.165, 1.54) is 35.2 Å². The van der Waals surface area contributed by atoms with E-state index in [-0.39, 0.29) is 11.1 Å². The molecule has 1 aromatic heterocycles. The number of thiazole rings is 1. The molecule has 0 amide bonds. The third-order valence-electron chi connectivity index (χ3n) is 4.04. The molecule has 29 heavy (non-hydrogen) atoms. The molecule has 0 spiro atoms. The molecule has 1 heterocycles. The molecule has 0 bridgehead atoms. The number of nitro groups is 1. The van der Waals surface area contributed by atoms with E-state index >= 15 is 0 Å². The Hall–Kier alpha value is -3.46. The standard InChI is InChI=1S/C20H21N5O3S/c1-20(2,3)14-4-7-16(8-5-14)28-17-9-6-15(25(26)27)10-13(17)11-22-24-19-23-18(21)12-29-19/h4-12H,21H2,1-3H3,(H,23,24). The number of rotatable bonds is 6. The van der Waals surface area contributed by atoms with Crippen LogP contribution in [-0.4, -0.2) is 16.1 Å². The van der Waals surface area contributed by atoms with Gasteiger partial charge in [-0.15, -0.1) is 11.3 Å². The average Bonchev–Trinajstić information content (AvgIpc) is 3.07. The Morgan fingerprint density at radius 1 is 1.24 bits per heavy atom. The Labute approximate surface area is 172 Å². The molecule has 0 fully saturated rings. The molecule has 0 aliphatic carbocycles. The summed E-state index contributed by atoms with van der Waals surface area (Å²) in [4.78, 5) is 14.7. The van der Waals surface area contributed by atoms with E-state index < -0.39 is 4.92 Å². The maximum absolute atomic E-state index is 11.1. The summed E-state index contributed by atoms with van der Waals surface area (Å²) in [7, 11) is 0. The number of anilines is 2. The minimum atomic E-state index is -0.464. The van der Waals surface area contributed by atoms with Gasteiger partial charge in [-0.2, -0.15) is 5.10 Å². The molecule has 2 aromatic carbocycles. The molecule has 150 valence electrons. The summed E-state index contributed by atoms with van der Waals surface area (Å²) >= 11 is 1.30. The van der Waals surface area contributed by atoms with Crippen molar-refractivity contribution in [2.24, 2.45) is 5.10 Å². The molecule has 0 atom stereocenters. The van der Waals surface area contributed by atoms with Gasteiger partial charge in [0.1, 0.15) is 17.3 Å². The van der Waals surface area contributed by atoms with Gasteiger partial charge in [-0.3, -0.25) is 15.5 Å². The van der Waals surface area contributed by atoms with Gasteiger partial charge in [0.25, 0.3) is 5.69 Å². The third-order valence-corrected chi connectivity index (χ3v) is 4.80. The lowest BCUT2D eigenvalue weighted by atomic mass is 9.87. The predicted octanol–water partition coefficient (Wildman–Crippen LogP) is 5.17. The van der Waals surface area contributed by atoms with Crippen molar-refractivity contribution in [3.63, 3.8) is 0 Å². The SMILES string of the molecule is CC(C)(C)c1ccc(Oc2ccc([N+](=O)[O-])cc2C=NNc2nc(N)cs2)cc1. The molecule has 3 aromatic rings. The molecule has 0 aliphatic rings. The van der Waals surface area contributed by atoms with Gasteiger partial charge in [0.15, 0.2) is 0 Å². The normalized spacial score (nSPS) is 11.6. The first-order valence-corrected chi connectivity index (χ1v) is 9.67. The predicted molar refractivity (Wildman–Crippen MR) is 116 cm³/mol. The minimum absolute atomic E-state index is 0.0363. The summed E-state index contributed by atoms with van der Waals surface area (Å²) in [6.45, 7) is 6.41. The van der Waals surface area contributed by atoms with Gasteiger partial charge in [-0.05, 0) is 29.2 Å². The zero-order valence-corrected chi connectivity index (χ0v) is 17.1. The van der Waals surface area contributed by atoms with E-state index in [2.05, 4.69) is 36.3 Å². The molecule has 0 saturated carbocycles. The van der Waals surface area contributed by atoms with Crippen LogP contribution in [0.2, 0.25) is 0 Å². The van der Waals surface area contributed by atoms with Crippen LogP contribution in [0.1, 0.15) is 31.9 Å². The molecule has 0 radical (unpaired) electrons. The fourth-order valence-corrected chi connectivity index (χ4v) is 3.04.